The first kappa shape index (κ1) is 10.7. The van der Waals surface area contributed by atoms with Crippen molar-refractivity contribution in [3.05, 3.63) is 35.9 Å². The van der Waals surface area contributed by atoms with E-state index in [4.69, 9.17) is 9.94 Å². The molecule has 1 N–H and O–H groups in total. The fourth-order valence-electron chi connectivity index (χ4n) is 1.03. The minimum absolute atomic E-state index is 0.588. The molecule has 0 fully saturated rings. The molecule has 0 unspecified atom stereocenters. The zero-order chi connectivity index (χ0) is 10.2. The molecule has 0 aliphatic carbocycles. The second-order valence-corrected chi connectivity index (χ2v) is 3.12. The highest BCUT2D eigenvalue weighted by Gasteiger charge is 1.94. The van der Waals surface area contributed by atoms with E-state index in [1.54, 1.807) is 6.92 Å². The van der Waals surface area contributed by atoms with E-state index in [1.165, 1.54) is 0 Å². The van der Waals surface area contributed by atoms with Crippen molar-refractivity contribution >= 4 is 5.71 Å². The van der Waals surface area contributed by atoms with E-state index in [0.717, 1.165) is 5.56 Å². The number of rotatable bonds is 5. The summed E-state index contributed by atoms with van der Waals surface area (Å²) in [4.78, 5) is 0. The highest BCUT2D eigenvalue weighted by atomic mass is 16.5. The molecule has 1 aromatic rings. The Morgan fingerprint density at radius 1 is 1.36 bits per heavy atom. The average Bonchev–Trinajstić information content (AvgIpc) is 2.25. The third kappa shape index (κ3) is 4.05. The quantitative estimate of drug-likeness (QED) is 0.338. The summed E-state index contributed by atoms with van der Waals surface area (Å²) in [5, 5.41) is 11.5. The molecule has 0 aliphatic rings. The van der Waals surface area contributed by atoms with Crippen LogP contribution >= 0.6 is 0 Å². The van der Waals surface area contributed by atoms with Gasteiger partial charge in [-0.15, -0.1) is 0 Å². The highest BCUT2D eigenvalue weighted by molar-refractivity contribution is 5.81. The van der Waals surface area contributed by atoms with Crippen LogP contribution in [0.4, 0.5) is 0 Å². The first-order valence-corrected chi connectivity index (χ1v) is 4.62. The number of hydrogen-bond acceptors (Lipinski definition) is 3. The van der Waals surface area contributed by atoms with Crippen LogP contribution in [-0.4, -0.2) is 17.5 Å². The average molecular weight is 193 g/mol. The number of hydrogen-bond donors (Lipinski definition) is 1. The minimum Gasteiger partial charge on any atom is -0.411 e. The van der Waals surface area contributed by atoms with Crippen molar-refractivity contribution in [2.45, 2.75) is 20.0 Å². The molecule has 0 aromatic heterocycles. The summed E-state index contributed by atoms with van der Waals surface area (Å²) >= 11 is 0. The maximum absolute atomic E-state index is 8.38. The summed E-state index contributed by atoms with van der Waals surface area (Å²) in [6.07, 6.45) is 0.670. The molecule has 0 aliphatic heterocycles. The second-order valence-electron chi connectivity index (χ2n) is 3.12. The van der Waals surface area contributed by atoms with Crippen molar-refractivity contribution in [2.24, 2.45) is 5.16 Å². The van der Waals surface area contributed by atoms with Crippen LogP contribution in [0.5, 0.6) is 0 Å². The largest absolute Gasteiger partial charge is 0.411 e. The summed E-state index contributed by atoms with van der Waals surface area (Å²) in [6.45, 7) is 2.97. The van der Waals surface area contributed by atoms with Crippen molar-refractivity contribution in [3.63, 3.8) is 0 Å². The van der Waals surface area contributed by atoms with Crippen LogP contribution in [0.3, 0.4) is 0 Å². The van der Waals surface area contributed by atoms with E-state index < -0.39 is 0 Å². The van der Waals surface area contributed by atoms with Crippen LogP contribution in [0.25, 0.3) is 0 Å². The van der Waals surface area contributed by atoms with E-state index >= 15 is 0 Å². The number of nitrogens with zero attached hydrogens (tertiary/aromatic N) is 1. The Balaban J connectivity index is 2.17. The third-order valence-corrected chi connectivity index (χ3v) is 1.89. The van der Waals surface area contributed by atoms with Gasteiger partial charge in [-0.3, -0.25) is 0 Å². The van der Waals surface area contributed by atoms with Crippen molar-refractivity contribution in [3.8, 4) is 0 Å². The summed E-state index contributed by atoms with van der Waals surface area (Å²) in [5.41, 5.74) is 1.85. The van der Waals surface area contributed by atoms with Crippen molar-refractivity contribution < 1.29 is 9.94 Å². The molecule has 14 heavy (non-hydrogen) atoms. The summed E-state index contributed by atoms with van der Waals surface area (Å²) < 4.78 is 5.40. The van der Waals surface area contributed by atoms with Crippen molar-refractivity contribution in [1.82, 2.24) is 0 Å². The summed E-state index contributed by atoms with van der Waals surface area (Å²) in [5.74, 6) is 0. The maximum atomic E-state index is 8.38. The highest BCUT2D eigenvalue weighted by Crippen LogP contribution is 2.00. The van der Waals surface area contributed by atoms with Gasteiger partial charge in [-0.1, -0.05) is 35.5 Å². The second kappa shape index (κ2) is 6.16. The Kier molecular flexibility index (Phi) is 4.72. The predicted molar refractivity (Wildman–Crippen MR) is 55.6 cm³/mol. The standard InChI is InChI=1S/C11H15NO2/c1-10(12-13)7-8-14-9-11-5-3-2-4-6-11/h2-6,13H,7-9H2,1H3. The molecule has 0 saturated heterocycles. The van der Waals surface area contributed by atoms with Crippen molar-refractivity contribution in [2.75, 3.05) is 6.61 Å². The Bertz CT molecular complexity index is 283. The summed E-state index contributed by atoms with van der Waals surface area (Å²) in [7, 11) is 0. The molecule has 3 heteroatoms. The molecule has 76 valence electrons. The normalized spacial score (nSPS) is 11.6. The van der Waals surface area contributed by atoms with Crippen LogP contribution in [0.2, 0.25) is 0 Å². The van der Waals surface area contributed by atoms with Crippen molar-refractivity contribution in [1.29, 1.82) is 0 Å². The first-order valence-electron chi connectivity index (χ1n) is 4.62. The van der Waals surface area contributed by atoms with E-state index in [-0.39, 0.29) is 0 Å². The van der Waals surface area contributed by atoms with Crippen LogP contribution in [-0.2, 0) is 11.3 Å². The topological polar surface area (TPSA) is 41.8 Å². The fourth-order valence-corrected chi connectivity index (χ4v) is 1.03. The lowest BCUT2D eigenvalue weighted by atomic mass is 10.2. The smallest absolute Gasteiger partial charge is 0.0717 e. The molecule has 1 rings (SSSR count). The number of oxime groups is 1. The van der Waals surface area contributed by atoms with Gasteiger partial charge in [0.15, 0.2) is 0 Å². The zero-order valence-electron chi connectivity index (χ0n) is 8.31. The van der Waals surface area contributed by atoms with Gasteiger partial charge in [0.2, 0.25) is 0 Å². The lowest BCUT2D eigenvalue weighted by Crippen LogP contribution is -2.00. The molecule has 0 spiro atoms. The zero-order valence-corrected chi connectivity index (χ0v) is 8.31. The van der Waals surface area contributed by atoms with Gasteiger partial charge in [0.25, 0.3) is 0 Å². The Morgan fingerprint density at radius 2 is 2.07 bits per heavy atom. The van der Waals surface area contributed by atoms with Gasteiger partial charge in [0.1, 0.15) is 0 Å². The molecule has 0 bridgehead atoms. The molecule has 0 radical (unpaired) electrons. The molecule has 1 aromatic carbocycles. The molecule has 0 heterocycles. The predicted octanol–water partition coefficient (Wildman–Crippen LogP) is 2.44. The van der Waals surface area contributed by atoms with Gasteiger partial charge >= 0.3 is 0 Å². The van der Waals surface area contributed by atoms with E-state index in [9.17, 15) is 0 Å². The van der Waals surface area contributed by atoms with Crippen LogP contribution in [0.15, 0.2) is 35.5 Å². The molecule has 0 amide bonds. The Hall–Kier alpha value is -1.35. The van der Waals surface area contributed by atoms with E-state index in [2.05, 4.69) is 5.16 Å². The molecule has 3 nitrogen and oxygen atoms in total. The van der Waals surface area contributed by atoms with Crippen LogP contribution in [0.1, 0.15) is 18.9 Å². The van der Waals surface area contributed by atoms with Gasteiger partial charge in [-0.2, -0.15) is 0 Å². The molecular formula is C11H15NO2. The maximum Gasteiger partial charge on any atom is 0.0717 e. The van der Waals surface area contributed by atoms with Gasteiger partial charge in [-0.25, -0.2) is 0 Å². The van der Waals surface area contributed by atoms with Gasteiger partial charge in [0.05, 0.1) is 18.9 Å². The third-order valence-electron chi connectivity index (χ3n) is 1.89. The number of benzene rings is 1. The lowest BCUT2D eigenvalue weighted by molar-refractivity contribution is 0.127. The van der Waals surface area contributed by atoms with Crippen LogP contribution < -0.4 is 0 Å². The summed E-state index contributed by atoms with van der Waals surface area (Å²) in [6, 6.07) is 9.99. The lowest BCUT2D eigenvalue weighted by Gasteiger charge is -2.03. The number of ether oxygens (including phenoxy) is 1. The molecule has 0 atom stereocenters. The van der Waals surface area contributed by atoms with Crippen LogP contribution in [0, 0.1) is 0 Å². The molecular weight excluding hydrogens is 178 g/mol. The Labute approximate surface area is 84.0 Å². The molecule has 0 saturated carbocycles. The SMILES string of the molecule is CC(CCOCc1ccccc1)=NO. The minimum atomic E-state index is 0.588. The van der Waals surface area contributed by atoms with Gasteiger partial charge in [-0.05, 0) is 12.5 Å². The van der Waals surface area contributed by atoms with E-state index in [1.807, 2.05) is 30.3 Å². The fraction of sp³-hybridized carbons (Fsp3) is 0.364. The van der Waals surface area contributed by atoms with E-state index in [0.29, 0.717) is 25.3 Å². The first-order chi connectivity index (χ1) is 6.83. The van der Waals surface area contributed by atoms with Gasteiger partial charge < -0.3 is 9.94 Å². The Morgan fingerprint density at radius 3 is 2.71 bits per heavy atom. The monoisotopic (exact) mass is 193 g/mol. The van der Waals surface area contributed by atoms with Gasteiger partial charge in [0, 0.05) is 6.42 Å².